The number of ketones is 1. The van der Waals surface area contributed by atoms with E-state index in [9.17, 15) is 9.59 Å². The molecule has 1 heterocycles. The third-order valence-corrected chi connectivity index (χ3v) is 3.32. The highest BCUT2D eigenvalue weighted by Crippen LogP contribution is 2.27. The van der Waals surface area contributed by atoms with E-state index in [4.69, 9.17) is 0 Å². The maximum atomic E-state index is 12.4. The Morgan fingerprint density at radius 2 is 1.94 bits per heavy atom. The molecule has 0 spiro atoms. The highest BCUT2D eigenvalue weighted by Gasteiger charge is 2.28. The molecule has 0 N–H and O–H groups in total. The van der Waals surface area contributed by atoms with E-state index >= 15 is 0 Å². The van der Waals surface area contributed by atoms with Gasteiger partial charge in [-0.25, -0.2) is 4.79 Å². The van der Waals surface area contributed by atoms with Crippen molar-refractivity contribution in [3.8, 4) is 0 Å². The molecule has 0 aromatic heterocycles. The van der Waals surface area contributed by atoms with Crippen molar-refractivity contribution in [3.05, 3.63) is 29.8 Å². The van der Waals surface area contributed by atoms with Crippen molar-refractivity contribution in [3.63, 3.8) is 0 Å². The molecule has 1 aromatic carbocycles. The lowest BCUT2D eigenvalue weighted by atomic mass is 10.0. The third-order valence-electron chi connectivity index (χ3n) is 3.32. The molecule has 0 unspecified atom stereocenters. The van der Waals surface area contributed by atoms with Gasteiger partial charge in [0.1, 0.15) is 0 Å². The Morgan fingerprint density at radius 1 is 1.28 bits per heavy atom. The summed E-state index contributed by atoms with van der Waals surface area (Å²) in [6, 6.07) is 7.31. The molecule has 0 aliphatic carbocycles. The van der Waals surface area contributed by atoms with Crippen molar-refractivity contribution >= 4 is 17.5 Å². The maximum Gasteiger partial charge on any atom is 0.324 e. The lowest BCUT2D eigenvalue weighted by Gasteiger charge is -2.32. The molecule has 96 valence electrons. The van der Waals surface area contributed by atoms with Gasteiger partial charge in [0, 0.05) is 31.6 Å². The predicted molar refractivity (Wildman–Crippen MR) is 71.1 cm³/mol. The van der Waals surface area contributed by atoms with Crippen LogP contribution < -0.4 is 4.90 Å². The first-order chi connectivity index (χ1) is 8.69. The first-order valence-corrected chi connectivity index (χ1v) is 6.37. The normalized spacial score (nSPS) is 14.3. The van der Waals surface area contributed by atoms with Crippen LogP contribution in [0, 0.1) is 0 Å². The number of rotatable bonds is 2. The number of fused-ring (bicyclic) bond motifs is 1. The number of urea groups is 1. The summed E-state index contributed by atoms with van der Waals surface area (Å²) in [4.78, 5) is 27.7. The van der Waals surface area contributed by atoms with Crippen molar-refractivity contribution in [2.75, 3.05) is 24.5 Å². The lowest BCUT2D eigenvalue weighted by molar-refractivity contribution is 0.0980. The minimum atomic E-state index is -0.0139. The van der Waals surface area contributed by atoms with E-state index in [0.717, 1.165) is 5.69 Å². The number of carbonyl (C=O) groups excluding carboxylic acids is 2. The second-order valence-electron chi connectivity index (χ2n) is 4.30. The molecule has 1 aliphatic heterocycles. The molecule has 4 nitrogen and oxygen atoms in total. The van der Waals surface area contributed by atoms with Crippen molar-refractivity contribution in [2.45, 2.75) is 20.3 Å². The topological polar surface area (TPSA) is 40.6 Å². The molecule has 1 aliphatic rings. The Morgan fingerprint density at radius 3 is 2.61 bits per heavy atom. The van der Waals surface area contributed by atoms with Crippen molar-refractivity contribution in [1.29, 1.82) is 0 Å². The van der Waals surface area contributed by atoms with Gasteiger partial charge in [-0.1, -0.05) is 12.1 Å². The second kappa shape index (κ2) is 5.21. The zero-order chi connectivity index (χ0) is 13.1. The van der Waals surface area contributed by atoms with Gasteiger partial charge >= 0.3 is 6.03 Å². The van der Waals surface area contributed by atoms with Crippen molar-refractivity contribution in [1.82, 2.24) is 4.90 Å². The molecule has 0 bridgehead atoms. The van der Waals surface area contributed by atoms with Crippen LogP contribution >= 0.6 is 0 Å². The lowest BCUT2D eigenvalue weighted by Crippen LogP contribution is -2.46. The van der Waals surface area contributed by atoms with Crippen LogP contribution in [0.1, 0.15) is 30.6 Å². The van der Waals surface area contributed by atoms with Crippen LogP contribution in [0.3, 0.4) is 0 Å². The smallest absolute Gasteiger partial charge is 0.324 e. The number of Topliss-reactive ketones (excluding diaryl/α,β-unsaturated/α-hetero) is 1. The van der Waals surface area contributed by atoms with Crippen molar-refractivity contribution < 1.29 is 9.59 Å². The zero-order valence-electron chi connectivity index (χ0n) is 10.8. The Hall–Kier alpha value is -1.84. The van der Waals surface area contributed by atoms with Gasteiger partial charge in [0.15, 0.2) is 5.78 Å². The molecule has 0 fully saturated rings. The van der Waals surface area contributed by atoms with E-state index in [1.807, 2.05) is 32.0 Å². The Bertz CT molecular complexity index is 467. The Kier molecular flexibility index (Phi) is 3.65. The average molecular weight is 246 g/mol. The summed E-state index contributed by atoms with van der Waals surface area (Å²) in [5, 5.41) is 0. The number of hydrogen-bond acceptors (Lipinski definition) is 2. The molecule has 0 atom stereocenters. The predicted octanol–water partition coefficient (Wildman–Crippen LogP) is 2.54. The molecule has 0 saturated carbocycles. The Balaban J connectivity index is 2.34. The van der Waals surface area contributed by atoms with Crippen LogP contribution in [0.25, 0.3) is 0 Å². The van der Waals surface area contributed by atoms with E-state index in [2.05, 4.69) is 0 Å². The van der Waals surface area contributed by atoms with Crippen LogP contribution in [0.15, 0.2) is 24.3 Å². The molecular formula is C14H18N2O2. The first-order valence-electron chi connectivity index (χ1n) is 6.37. The SMILES string of the molecule is CCN(CC)C(=O)N1CCC(=O)c2ccccc21. The number of hydrogen-bond donors (Lipinski definition) is 0. The summed E-state index contributed by atoms with van der Waals surface area (Å²) in [7, 11) is 0. The number of amides is 2. The minimum Gasteiger partial charge on any atom is -0.325 e. The molecule has 1 aromatic rings. The van der Waals surface area contributed by atoms with Gasteiger partial charge < -0.3 is 4.90 Å². The van der Waals surface area contributed by atoms with Crippen molar-refractivity contribution in [2.24, 2.45) is 0 Å². The fourth-order valence-corrected chi connectivity index (χ4v) is 2.28. The second-order valence-corrected chi connectivity index (χ2v) is 4.30. The summed E-state index contributed by atoms with van der Waals surface area (Å²) >= 11 is 0. The van der Waals surface area contributed by atoms with E-state index in [0.29, 0.717) is 31.6 Å². The van der Waals surface area contributed by atoms with Crippen LogP contribution in [0.5, 0.6) is 0 Å². The summed E-state index contributed by atoms with van der Waals surface area (Å²) < 4.78 is 0. The van der Waals surface area contributed by atoms with E-state index < -0.39 is 0 Å². The quantitative estimate of drug-likeness (QED) is 0.804. The van der Waals surface area contributed by atoms with Crippen LogP contribution in [0.4, 0.5) is 10.5 Å². The molecule has 2 amide bonds. The minimum absolute atomic E-state index is 0.0139. The van der Waals surface area contributed by atoms with Gasteiger partial charge in [-0.3, -0.25) is 9.69 Å². The van der Waals surface area contributed by atoms with Gasteiger partial charge in [-0.2, -0.15) is 0 Å². The molecular weight excluding hydrogens is 228 g/mol. The highest BCUT2D eigenvalue weighted by molar-refractivity contribution is 6.08. The van der Waals surface area contributed by atoms with Gasteiger partial charge in [0.2, 0.25) is 0 Å². The van der Waals surface area contributed by atoms with E-state index in [1.54, 1.807) is 15.9 Å². The zero-order valence-corrected chi connectivity index (χ0v) is 10.8. The summed E-state index contributed by atoms with van der Waals surface area (Å²) in [6.45, 7) is 5.76. The molecule has 4 heteroatoms. The Labute approximate surface area is 107 Å². The summed E-state index contributed by atoms with van der Waals surface area (Å²) in [5.41, 5.74) is 1.40. The molecule has 2 rings (SSSR count). The number of anilines is 1. The number of carbonyl (C=O) groups is 2. The van der Waals surface area contributed by atoms with Crippen LogP contribution in [0.2, 0.25) is 0 Å². The number of nitrogens with zero attached hydrogens (tertiary/aromatic N) is 2. The van der Waals surface area contributed by atoms with Gasteiger partial charge in [-0.05, 0) is 26.0 Å². The highest BCUT2D eigenvalue weighted by atomic mass is 16.2. The van der Waals surface area contributed by atoms with Gasteiger partial charge in [0.05, 0.1) is 5.69 Å². The third kappa shape index (κ3) is 2.10. The molecule has 0 saturated heterocycles. The van der Waals surface area contributed by atoms with Gasteiger partial charge in [-0.15, -0.1) is 0 Å². The van der Waals surface area contributed by atoms with Crippen LogP contribution in [-0.2, 0) is 0 Å². The molecule has 18 heavy (non-hydrogen) atoms. The van der Waals surface area contributed by atoms with Crippen LogP contribution in [-0.4, -0.2) is 36.3 Å². The largest absolute Gasteiger partial charge is 0.325 e. The monoisotopic (exact) mass is 246 g/mol. The fraction of sp³-hybridized carbons (Fsp3) is 0.429. The van der Waals surface area contributed by atoms with E-state index in [-0.39, 0.29) is 11.8 Å². The van der Waals surface area contributed by atoms with Gasteiger partial charge in [0.25, 0.3) is 0 Å². The molecule has 0 radical (unpaired) electrons. The summed E-state index contributed by atoms with van der Waals surface area (Å²) in [6.07, 6.45) is 0.407. The first kappa shape index (κ1) is 12.6. The number of para-hydroxylation sites is 1. The number of benzene rings is 1. The fourth-order valence-electron chi connectivity index (χ4n) is 2.28. The average Bonchev–Trinajstić information content (AvgIpc) is 2.41. The summed E-state index contributed by atoms with van der Waals surface area (Å²) in [5.74, 6) is 0.120. The maximum absolute atomic E-state index is 12.4. The standard InChI is InChI=1S/C14H18N2O2/c1-3-15(4-2)14(18)16-10-9-13(17)11-7-5-6-8-12(11)16/h5-8H,3-4,9-10H2,1-2H3. The van der Waals surface area contributed by atoms with E-state index in [1.165, 1.54) is 0 Å².